The normalized spacial score (nSPS) is 42.5. The summed E-state index contributed by atoms with van der Waals surface area (Å²) in [7, 11) is 0. The van der Waals surface area contributed by atoms with Crippen LogP contribution in [-0.4, -0.2) is 34.0 Å². The number of aliphatic hydroxyl groups is 2. The Morgan fingerprint density at radius 2 is 2.00 bits per heavy atom. The van der Waals surface area contributed by atoms with E-state index in [1.807, 2.05) is 6.92 Å². The average molecular weight is 360 g/mol. The largest absolute Gasteiger partial charge is 0.462 e. The number of carbonyl (C=O) groups excluding carboxylic acids is 1. The maximum absolute atomic E-state index is 12.6. The van der Waals surface area contributed by atoms with E-state index < -0.39 is 16.6 Å². The molecule has 1 heterocycles. The number of ether oxygens (including phenoxy) is 1. The highest BCUT2D eigenvalue weighted by Crippen LogP contribution is 2.57. The van der Waals surface area contributed by atoms with Crippen LogP contribution in [-0.2, 0) is 9.53 Å². The molecule has 0 bridgehead atoms. The van der Waals surface area contributed by atoms with Crippen LogP contribution in [0.4, 0.5) is 0 Å². The van der Waals surface area contributed by atoms with Crippen LogP contribution in [0, 0.1) is 23.2 Å². The van der Waals surface area contributed by atoms with Gasteiger partial charge in [-0.3, -0.25) is 0 Å². The summed E-state index contributed by atoms with van der Waals surface area (Å²) in [5.41, 5.74) is -0.317. The number of hydrogen-bond acceptors (Lipinski definition) is 4. The standard InChI is InChI=1S/C22H32O4/c1-14-11-15-12-17(15)22(5,25)10-9-21(4)16(7-6-8-20(2,3)24)19(23)26-13-18(14)21/h6-8,15,17-18,24-25H,1,9-13H2,2-5H3/b8-6+,16-7+/t15-,17+,18-,21+,22-/m0/s1. The van der Waals surface area contributed by atoms with Gasteiger partial charge >= 0.3 is 5.97 Å². The van der Waals surface area contributed by atoms with Crippen molar-refractivity contribution in [3.63, 3.8) is 0 Å². The molecule has 0 unspecified atom stereocenters. The third-order valence-electron chi connectivity index (χ3n) is 6.64. The lowest BCUT2D eigenvalue weighted by Gasteiger charge is -2.44. The Morgan fingerprint density at radius 3 is 2.65 bits per heavy atom. The van der Waals surface area contributed by atoms with Crippen molar-refractivity contribution in [2.75, 3.05) is 6.61 Å². The van der Waals surface area contributed by atoms with Crippen LogP contribution in [0.1, 0.15) is 53.4 Å². The summed E-state index contributed by atoms with van der Waals surface area (Å²) in [6.07, 6.45) is 8.49. The quantitative estimate of drug-likeness (QED) is 0.449. The minimum absolute atomic E-state index is 0.0668. The molecule has 144 valence electrons. The fourth-order valence-electron chi connectivity index (χ4n) is 4.77. The van der Waals surface area contributed by atoms with E-state index in [-0.39, 0.29) is 11.9 Å². The molecular weight excluding hydrogens is 328 g/mol. The van der Waals surface area contributed by atoms with Crippen LogP contribution >= 0.6 is 0 Å². The van der Waals surface area contributed by atoms with Gasteiger partial charge in [0.2, 0.25) is 0 Å². The Bertz CT molecular complexity index is 664. The van der Waals surface area contributed by atoms with E-state index in [4.69, 9.17) is 4.74 Å². The Kier molecular flexibility index (Phi) is 4.73. The van der Waals surface area contributed by atoms with E-state index >= 15 is 0 Å². The van der Waals surface area contributed by atoms with E-state index in [1.165, 1.54) is 0 Å². The Labute approximate surface area is 156 Å². The summed E-state index contributed by atoms with van der Waals surface area (Å²) in [4.78, 5) is 12.6. The molecule has 26 heavy (non-hydrogen) atoms. The first-order valence-electron chi connectivity index (χ1n) is 9.63. The highest BCUT2D eigenvalue weighted by atomic mass is 16.5. The second-order valence-electron chi connectivity index (χ2n) is 9.48. The predicted octanol–water partition coefficient (Wildman–Crippen LogP) is 3.55. The molecule has 0 radical (unpaired) electrons. The van der Waals surface area contributed by atoms with Crippen molar-refractivity contribution < 1.29 is 19.7 Å². The number of hydrogen-bond donors (Lipinski definition) is 2. The van der Waals surface area contributed by atoms with E-state index in [0.717, 1.165) is 18.4 Å². The van der Waals surface area contributed by atoms with Crippen molar-refractivity contribution in [3.8, 4) is 0 Å². The van der Waals surface area contributed by atoms with Gasteiger partial charge in [0.1, 0.15) is 0 Å². The van der Waals surface area contributed by atoms with Gasteiger partial charge in [-0.1, -0.05) is 37.3 Å². The first-order chi connectivity index (χ1) is 11.9. The monoisotopic (exact) mass is 360 g/mol. The molecule has 2 N–H and O–H groups in total. The molecule has 4 heteroatoms. The minimum Gasteiger partial charge on any atom is -0.462 e. The zero-order valence-electron chi connectivity index (χ0n) is 16.4. The number of allylic oxidation sites excluding steroid dienone is 2. The van der Waals surface area contributed by atoms with Crippen molar-refractivity contribution in [1.29, 1.82) is 0 Å². The topological polar surface area (TPSA) is 66.8 Å². The second kappa shape index (κ2) is 6.35. The van der Waals surface area contributed by atoms with Crippen LogP contribution in [0.3, 0.4) is 0 Å². The summed E-state index contributed by atoms with van der Waals surface area (Å²) in [6.45, 7) is 12.1. The van der Waals surface area contributed by atoms with Crippen molar-refractivity contribution in [1.82, 2.24) is 0 Å². The van der Waals surface area contributed by atoms with E-state index in [0.29, 0.717) is 36.9 Å². The van der Waals surface area contributed by atoms with Gasteiger partial charge < -0.3 is 14.9 Å². The van der Waals surface area contributed by atoms with Gasteiger partial charge in [-0.05, 0) is 58.3 Å². The summed E-state index contributed by atoms with van der Waals surface area (Å²) in [6, 6.07) is 0. The average Bonchev–Trinajstić information content (AvgIpc) is 3.27. The SMILES string of the molecule is C=C1C[C@H]2C[C@H]2[C@@](C)(O)CC[C@]2(C)/C(=C/C=C/C(C)(C)O)C(=O)OC[C@@H]12. The van der Waals surface area contributed by atoms with E-state index in [2.05, 4.69) is 13.5 Å². The maximum Gasteiger partial charge on any atom is 0.334 e. The molecule has 4 nitrogen and oxygen atoms in total. The summed E-state index contributed by atoms with van der Waals surface area (Å²) < 4.78 is 5.49. The predicted molar refractivity (Wildman–Crippen MR) is 101 cm³/mol. The van der Waals surface area contributed by atoms with Gasteiger partial charge in [0, 0.05) is 16.9 Å². The van der Waals surface area contributed by atoms with Gasteiger partial charge in [-0.2, -0.15) is 0 Å². The van der Waals surface area contributed by atoms with Crippen LogP contribution < -0.4 is 0 Å². The molecule has 5 atom stereocenters. The molecule has 0 aromatic carbocycles. The summed E-state index contributed by atoms with van der Waals surface area (Å²) >= 11 is 0. The molecule has 1 saturated heterocycles. The molecule has 3 rings (SSSR count). The first kappa shape index (κ1) is 19.4. The number of esters is 1. The second-order valence-corrected chi connectivity index (χ2v) is 9.48. The van der Waals surface area contributed by atoms with Crippen LogP contribution in [0.2, 0.25) is 0 Å². The Balaban J connectivity index is 1.97. The molecule has 2 saturated carbocycles. The van der Waals surface area contributed by atoms with Gasteiger partial charge in [0.15, 0.2) is 0 Å². The number of fused-ring (bicyclic) bond motifs is 2. The van der Waals surface area contributed by atoms with Crippen molar-refractivity contribution >= 4 is 5.97 Å². The van der Waals surface area contributed by atoms with Crippen LogP contribution in [0.15, 0.2) is 36.0 Å². The fourth-order valence-corrected chi connectivity index (χ4v) is 4.77. The highest BCUT2D eigenvalue weighted by molar-refractivity contribution is 5.91. The van der Waals surface area contributed by atoms with Gasteiger partial charge in [0.25, 0.3) is 0 Å². The van der Waals surface area contributed by atoms with Crippen LogP contribution in [0.25, 0.3) is 0 Å². The smallest absolute Gasteiger partial charge is 0.334 e. The van der Waals surface area contributed by atoms with Crippen molar-refractivity contribution in [2.24, 2.45) is 23.2 Å². The third kappa shape index (κ3) is 3.67. The number of cyclic esters (lactones) is 1. The van der Waals surface area contributed by atoms with E-state index in [9.17, 15) is 15.0 Å². The lowest BCUT2D eigenvalue weighted by Crippen LogP contribution is -2.43. The van der Waals surface area contributed by atoms with Crippen molar-refractivity contribution in [2.45, 2.75) is 64.6 Å². The molecule has 3 fully saturated rings. The molecule has 0 amide bonds. The van der Waals surface area contributed by atoms with Gasteiger partial charge in [-0.15, -0.1) is 0 Å². The summed E-state index contributed by atoms with van der Waals surface area (Å²) in [5.74, 6) is 0.597. The molecule has 0 spiro atoms. The Morgan fingerprint density at radius 1 is 1.31 bits per heavy atom. The molecule has 0 aromatic rings. The molecule has 2 aliphatic carbocycles. The first-order valence-corrected chi connectivity index (χ1v) is 9.63. The third-order valence-corrected chi connectivity index (χ3v) is 6.64. The fraction of sp³-hybridized carbons (Fsp3) is 0.682. The molecule has 0 aromatic heterocycles. The molecular formula is C22H32O4. The van der Waals surface area contributed by atoms with Gasteiger partial charge in [0.05, 0.1) is 17.8 Å². The zero-order chi connectivity index (χ0) is 19.3. The van der Waals surface area contributed by atoms with Crippen LogP contribution in [0.5, 0.6) is 0 Å². The Hall–Kier alpha value is -1.39. The lowest BCUT2D eigenvalue weighted by molar-refractivity contribution is -0.148. The molecule has 3 aliphatic rings. The van der Waals surface area contributed by atoms with Crippen molar-refractivity contribution in [3.05, 3.63) is 36.0 Å². The summed E-state index contributed by atoms with van der Waals surface area (Å²) in [5, 5.41) is 20.8. The highest BCUT2D eigenvalue weighted by Gasteiger charge is 2.54. The number of carbonyl (C=O) groups is 1. The zero-order valence-corrected chi connectivity index (χ0v) is 16.4. The van der Waals surface area contributed by atoms with Gasteiger partial charge in [-0.25, -0.2) is 4.79 Å². The van der Waals surface area contributed by atoms with E-state index in [1.54, 1.807) is 32.1 Å². The number of rotatable bonds is 2. The molecule has 1 aliphatic heterocycles. The maximum atomic E-state index is 12.6. The lowest BCUT2D eigenvalue weighted by atomic mass is 9.63. The minimum atomic E-state index is -0.942.